The fourth-order valence-electron chi connectivity index (χ4n) is 3.14. The SMILES string of the molecule is CCOC(=O)c1c(NCC(=O)c2ccc(C)c(F)c2)sc2c1CCCC2. The highest BCUT2D eigenvalue weighted by Gasteiger charge is 2.26. The number of fused-ring (bicyclic) bond motifs is 1. The molecule has 0 saturated carbocycles. The molecule has 0 unspecified atom stereocenters. The van der Waals surface area contributed by atoms with E-state index < -0.39 is 5.82 Å². The maximum absolute atomic E-state index is 13.7. The lowest BCUT2D eigenvalue weighted by atomic mass is 9.95. The van der Waals surface area contributed by atoms with Crippen LogP contribution in [0.4, 0.5) is 9.39 Å². The quantitative estimate of drug-likeness (QED) is 0.595. The van der Waals surface area contributed by atoms with Crippen molar-refractivity contribution in [3.05, 3.63) is 51.1 Å². The number of hydrogen-bond donors (Lipinski definition) is 1. The summed E-state index contributed by atoms with van der Waals surface area (Å²) < 4.78 is 18.9. The van der Waals surface area contributed by atoms with Gasteiger partial charge in [0.1, 0.15) is 10.8 Å². The minimum absolute atomic E-state index is 0.00823. The van der Waals surface area contributed by atoms with Crippen LogP contribution in [0.3, 0.4) is 0 Å². The predicted octanol–water partition coefficient (Wildman–Crippen LogP) is 4.55. The van der Waals surface area contributed by atoms with Crippen LogP contribution in [0.15, 0.2) is 18.2 Å². The van der Waals surface area contributed by atoms with Crippen molar-refractivity contribution in [3.63, 3.8) is 0 Å². The maximum Gasteiger partial charge on any atom is 0.341 e. The molecule has 1 aromatic carbocycles. The number of carbonyl (C=O) groups excluding carboxylic acids is 2. The van der Waals surface area contributed by atoms with Gasteiger partial charge in [0.05, 0.1) is 18.7 Å². The summed E-state index contributed by atoms with van der Waals surface area (Å²) in [7, 11) is 0. The summed E-state index contributed by atoms with van der Waals surface area (Å²) in [4.78, 5) is 26.0. The number of nitrogens with one attached hydrogen (secondary N) is 1. The lowest BCUT2D eigenvalue weighted by Gasteiger charge is -2.12. The fourth-order valence-corrected chi connectivity index (χ4v) is 4.41. The average molecular weight is 375 g/mol. The van der Waals surface area contributed by atoms with E-state index in [0.717, 1.165) is 31.2 Å². The van der Waals surface area contributed by atoms with E-state index in [0.29, 0.717) is 28.3 Å². The molecule has 0 fully saturated rings. The van der Waals surface area contributed by atoms with Crippen molar-refractivity contribution >= 4 is 28.1 Å². The van der Waals surface area contributed by atoms with Crippen molar-refractivity contribution in [2.45, 2.75) is 39.5 Å². The Morgan fingerprint density at radius 3 is 2.77 bits per heavy atom. The van der Waals surface area contributed by atoms with E-state index in [2.05, 4.69) is 5.32 Å². The first kappa shape index (κ1) is 18.6. The minimum atomic E-state index is -0.394. The highest BCUT2D eigenvalue weighted by molar-refractivity contribution is 7.16. The van der Waals surface area contributed by atoms with Crippen LogP contribution in [0.1, 0.15) is 56.5 Å². The van der Waals surface area contributed by atoms with Gasteiger partial charge < -0.3 is 10.1 Å². The van der Waals surface area contributed by atoms with Gasteiger partial charge in [-0.1, -0.05) is 12.1 Å². The molecule has 1 aliphatic rings. The summed E-state index contributed by atoms with van der Waals surface area (Å²) in [6.45, 7) is 3.75. The van der Waals surface area contributed by atoms with Crippen LogP contribution in [-0.2, 0) is 17.6 Å². The molecule has 0 atom stereocenters. The van der Waals surface area contributed by atoms with Crippen LogP contribution in [0, 0.1) is 12.7 Å². The maximum atomic E-state index is 13.7. The third kappa shape index (κ3) is 3.80. The van der Waals surface area contributed by atoms with Crippen LogP contribution in [0.2, 0.25) is 0 Å². The number of thiophene rings is 1. The minimum Gasteiger partial charge on any atom is -0.462 e. The zero-order chi connectivity index (χ0) is 18.7. The van der Waals surface area contributed by atoms with Crippen molar-refractivity contribution < 1.29 is 18.7 Å². The van der Waals surface area contributed by atoms with Crippen LogP contribution >= 0.6 is 11.3 Å². The Morgan fingerprint density at radius 2 is 2.04 bits per heavy atom. The van der Waals surface area contributed by atoms with Gasteiger partial charge in [-0.3, -0.25) is 4.79 Å². The summed E-state index contributed by atoms with van der Waals surface area (Å²) in [5.41, 5.74) is 2.44. The van der Waals surface area contributed by atoms with E-state index in [9.17, 15) is 14.0 Å². The Morgan fingerprint density at radius 1 is 1.27 bits per heavy atom. The number of ether oxygens (including phenoxy) is 1. The average Bonchev–Trinajstić information content (AvgIpc) is 3.00. The van der Waals surface area contributed by atoms with Gasteiger partial charge >= 0.3 is 5.97 Å². The number of hydrogen-bond acceptors (Lipinski definition) is 5. The molecule has 0 spiro atoms. The predicted molar refractivity (Wildman–Crippen MR) is 101 cm³/mol. The smallest absolute Gasteiger partial charge is 0.341 e. The van der Waals surface area contributed by atoms with Crippen LogP contribution in [0.25, 0.3) is 0 Å². The van der Waals surface area contributed by atoms with Crippen molar-refractivity contribution in [2.24, 2.45) is 0 Å². The summed E-state index contributed by atoms with van der Waals surface area (Å²) in [6, 6.07) is 4.47. The van der Waals surface area contributed by atoms with Gasteiger partial charge in [-0.05, 0) is 56.7 Å². The molecule has 0 aliphatic heterocycles. The van der Waals surface area contributed by atoms with Gasteiger partial charge in [0.15, 0.2) is 5.78 Å². The summed E-state index contributed by atoms with van der Waals surface area (Å²) in [6.07, 6.45) is 3.97. The van der Waals surface area contributed by atoms with E-state index in [1.54, 1.807) is 26.0 Å². The molecule has 0 radical (unpaired) electrons. The number of aryl methyl sites for hydroxylation is 2. The van der Waals surface area contributed by atoms with Crippen LogP contribution in [-0.4, -0.2) is 24.9 Å². The summed E-state index contributed by atoms with van der Waals surface area (Å²) in [5.74, 6) is -0.956. The van der Waals surface area contributed by atoms with Gasteiger partial charge in [-0.2, -0.15) is 0 Å². The Kier molecular flexibility index (Phi) is 5.71. The molecule has 2 aromatic rings. The molecule has 138 valence electrons. The highest BCUT2D eigenvalue weighted by atomic mass is 32.1. The normalized spacial score (nSPS) is 13.2. The number of halogens is 1. The van der Waals surface area contributed by atoms with Crippen LogP contribution < -0.4 is 5.32 Å². The first-order valence-electron chi connectivity index (χ1n) is 8.86. The second-order valence-corrected chi connectivity index (χ2v) is 7.48. The number of anilines is 1. The fraction of sp³-hybridized carbons (Fsp3) is 0.400. The van der Waals surface area contributed by atoms with Crippen molar-refractivity contribution in [2.75, 3.05) is 18.5 Å². The zero-order valence-electron chi connectivity index (χ0n) is 15.0. The van der Waals surface area contributed by atoms with Crippen molar-refractivity contribution in [1.82, 2.24) is 0 Å². The van der Waals surface area contributed by atoms with Crippen LogP contribution in [0.5, 0.6) is 0 Å². The lowest BCUT2D eigenvalue weighted by Crippen LogP contribution is -2.16. The molecule has 1 heterocycles. The third-order valence-electron chi connectivity index (χ3n) is 4.55. The highest BCUT2D eigenvalue weighted by Crippen LogP contribution is 2.38. The molecule has 0 saturated heterocycles. The molecule has 0 amide bonds. The van der Waals surface area contributed by atoms with Gasteiger partial charge in [0.2, 0.25) is 0 Å². The van der Waals surface area contributed by atoms with Gasteiger partial charge in [-0.25, -0.2) is 9.18 Å². The Bertz CT molecular complexity index is 844. The first-order chi connectivity index (χ1) is 12.5. The Hall–Kier alpha value is -2.21. The summed E-state index contributed by atoms with van der Waals surface area (Å²) >= 11 is 1.52. The molecule has 26 heavy (non-hydrogen) atoms. The number of Topliss-reactive ketones (excluding diaryl/α,β-unsaturated/α-hetero) is 1. The molecule has 1 aliphatic carbocycles. The topological polar surface area (TPSA) is 55.4 Å². The number of benzene rings is 1. The molecular formula is C20H22FNO3S. The molecule has 0 bridgehead atoms. The number of rotatable bonds is 6. The molecule has 1 aromatic heterocycles. The Balaban J connectivity index is 1.80. The van der Waals surface area contributed by atoms with E-state index in [4.69, 9.17) is 4.74 Å². The van der Waals surface area contributed by atoms with E-state index in [1.807, 2.05) is 0 Å². The van der Waals surface area contributed by atoms with Gasteiger partial charge in [0.25, 0.3) is 0 Å². The number of esters is 1. The lowest BCUT2D eigenvalue weighted by molar-refractivity contribution is 0.0526. The first-order valence-corrected chi connectivity index (χ1v) is 9.67. The molecule has 1 N–H and O–H groups in total. The standard InChI is InChI=1S/C20H22FNO3S/c1-3-25-20(24)18-14-6-4-5-7-17(14)26-19(18)22-11-16(23)13-9-8-12(2)15(21)10-13/h8-10,22H,3-7,11H2,1-2H3. The Labute approximate surface area is 156 Å². The van der Waals surface area contributed by atoms with Gasteiger partial charge in [-0.15, -0.1) is 11.3 Å². The second-order valence-electron chi connectivity index (χ2n) is 6.38. The molecule has 4 nitrogen and oxygen atoms in total. The zero-order valence-corrected chi connectivity index (χ0v) is 15.8. The van der Waals surface area contributed by atoms with Crippen molar-refractivity contribution in [3.8, 4) is 0 Å². The molecule has 3 rings (SSSR count). The van der Waals surface area contributed by atoms with Gasteiger partial charge in [0, 0.05) is 10.4 Å². The second kappa shape index (κ2) is 7.99. The monoisotopic (exact) mass is 375 g/mol. The largest absolute Gasteiger partial charge is 0.462 e. The summed E-state index contributed by atoms with van der Waals surface area (Å²) in [5, 5.41) is 3.76. The van der Waals surface area contributed by atoms with E-state index >= 15 is 0 Å². The molecular weight excluding hydrogens is 353 g/mol. The third-order valence-corrected chi connectivity index (χ3v) is 5.80. The van der Waals surface area contributed by atoms with E-state index in [1.165, 1.54) is 22.3 Å². The molecule has 6 heteroatoms. The van der Waals surface area contributed by atoms with E-state index in [-0.39, 0.29) is 18.3 Å². The number of ketones is 1. The van der Waals surface area contributed by atoms with Crippen molar-refractivity contribution in [1.29, 1.82) is 0 Å². The number of carbonyl (C=O) groups is 2.